The van der Waals surface area contributed by atoms with Gasteiger partial charge in [0.2, 0.25) is 0 Å². The van der Waals surface area contributed by atoms with E-state index in [4.69, 9.17) is 16.3 Å². The van der Waals surface area contributed by atoms with Crippen LogP contribution in [-0.2, 0) is 16.1 Å². The standard InChI is InChI=1S/C13H15ClN2O4/c1-20-12(17)13(5-2-6-13)15-8-9-3-4-10(14)11(7-9)16(18)19/h3-4,7,15H,2,5-6,8H2,1H3. The molecule has 0 unspecified atom stereocenters. The number of esters is 1. The van der Waals surface area contributed by atoms with E-state index in [-0.39, 0.29) is 16.7 Å². The molecule has 0 radical (unpaired) electrons. The fourth-order valence-corrected chi connectivity index (χ4v) is 2.44. The Morgan fingerprint density at radius 1 is 1.55 bits per heavy atom. The highest BCUT2D eigenvalue weighted by Crippen LogP contribution is 2.33. The van der Waals surface area contributed by atoms with Crippen LogP contribution in [0, 0.1) is 10.1 Å². The molecule has 1 aromatic rings. The van der Waals surface area contributed by atoms with Crippen molar-refractivity contribution in [2.24, 2.45) is 0 Å². The lowest BCUT2D eigenvalue weighted by Crippen LogP contribution is -2.57. The summed E-state index contributed by atoms with van der Waals surface area (Å²) in [6.07, 6.45) is 2.40. The SMILES string of the molecule is COC(=O)C1(NCc2ccc(Cl)c([N+](=O)[O-])c2)CCC1. The van der Waals surface area contributed by atoms with Crippen molar-refractivity contribution >= 4 is 23.3 Å². The molecule has 0 saturated heterocycles. The van der Waals surface area contributed by atoms with Crippen LogP contribution < -0.4 is 5.32 Å². The minimum Gasteiger partial charge on any atom is -0.468 e. The van der Waals surface area contributed by atoms with E-state index in [2.05, 4.69) is 5.32 Å². The summed E-state index contributed by atoms with van der Waals surface area (Å²) in [7, 11) is 1.36. The van der Waals surface area contributed by atoms with Gasteiger partial charge in [0.1, 0.15) is 10.6 Å². The first kappa shape index (κ1) is 14.7. The largest absolute Gasteiger partial charge is 0.468 e. The van der Waals surface area contributed by atoms with Crippen LogP contribution in [0.25, 0.3) is 0 Å². The number of halogens is 1. The van der Waals surface area contributed by atoms with E-state index < -0.39 is 10.5 Å². The molecule has 1 N–H and O–H groups in total. The van der Waals surface area contributed by atoms with Gasteiger partial charge in [-0.1, -0.05) is 17.7 Å². The fourth-order valence-electron chi connectivity index (χ4n) is 2.26. The van der Waals surface area contributed by atoms with Crippen molar-refractivity contribution in [2.75, 3.05) is 7.11 Å². The topological polar surface area (TPSA) is 81.5 Å². The summed E-state index contributed by atoms with van der Waals surface area (Å²) in [4.78, 5) is 22.1. The van der Waals surface area contributed by atoms with Crippen molar-refractivity contribution in [3.05, 3.63) is 38.9 Å². The number of benzene rings is 1. The number of hydrogen-bond acceptors (Lipinski definition) is 5. The van der Waals surface area contributed by atoms with Crippen LogP contribution in [0.15, 0.2) is 18.2 Å². The average molecular weight is 299 g/mol. The van der Waals surface area contributed by atoms with Crippen LogP contribution in [0.1, 0.15) is 24.8 Å². The third-order valence-corrected chi connectivity index (χ3v) is 3.94. The molecule has 20 heavy (non-hydrogen) atoms. The summed E-state index contributed by atoms with van der Waals surface area (Å²) < 4.78 is 4.80. The second-order valence-corrected chi connectivity index (χ2v) is 5.23. The monoisotopic (exact) mass is 298 g/mol. The molecule has 0 spiro atoms. The summed E-state index contributed by atoms with van der Waals surface area (Å²) in [6.45, 7) is 0.354. The summed E-state index contributed by atoms with van der Waals surface area (Å²) in [5, 5.41) is 14.1. The van der Waals surface area contributed by atoms with E-state index in [1.807, 2.05) is 0 Å². The molecule has 1 fully saturated rings. The zero-order valence-corrected chi connectivity index (χ0v) is 11.8. The first-order valence-electron chi connectivity index (χ1n) is 6.25. The lowest BCUT2D eigenvalue weighted by molar-refractivity contribution is -0.384. The Kier molecular flexibility index (Phi) is 4.25. The third kappa shape index (κ3) is 2.76. The highest BCUT2D eigenvalue weighted by molar-refractivity contribution is 6.32. The molecule has 1 aliphatic carbocycles. The lowest BCUT2D eigenvalue weighted by Gasteiger charge is -2.39. The third-order valence-electron chi connectivity index (χ3n) is 3.62. The van der Waals surface area contributed by atoms with E-state index in [1.54, 1.807) is 6.07 Å². The van der Waals surface area contributed by atoms with Crippen LogP contribution in [-0.4, -0.2) is 23.5 Å². The molecule has 2 rings (SSSR count). The second kappa shape index (κ2) is 5.76. The van der Waals surface area contributed by atoms with Crippen LogP contribution in [0.5, 0.6) is 0 Å². The molecular formula is C13H15ClN2O4. The van der Waals surface area contributed by atoms with Gasteiger partial charge < -0.3 is 4.74 Å². The molecule has 0 aliphatic heterocycles. The van der Waals surface area contributed by atoms with Crippen LogP contribution in [0.4, 0.5) is 5.69 Å². The zero-order chi connectivity index (χ0) is 14.8. The smallest absolute Gasteiger partial charge is 0.326 e. The first-order chi connectivity index (χ1) is 9.48. The summed E-state index contributed by atoms with van der Waals surface area (Å²) in [6, 6.07) is 4.60. The maximum Gasteiger partial charge on any atom is 0.326 e. The Hall–Kier alpha value is -1.66. The van der Waals surface area contributed by atoms with Crippen molar-refractivity contribution in [1.29, 1.82) is 0 Å². The first-order valence-corrected chi connectivity index (χ1v) is 6.62. The predicted octanol–water partition coefficient (Wildman–Crippen LogP) is 2.43. The number of hydrogen-bond donors (Lipinski definition) is 1. The number of nitrogens with zero attached hydrogens (tertiary/aromatic N) is 1. The van der Waals surface area contributed by atoms with Gasteiger partial charge in [0.05, 0.1) is 12.0 Å². The highest BCUT2D eigenvalue weighted by Gasteiger charge is 2.44. The lowest BCUT2D eigenvalue weighted by atomic mass is 9.76. The Labute approximate surface area is 121 Å². The minimum absolute atomic E-state index is 0.102. The van der Waals surface area contributed by atoms with Gasteiger partial charge in [-0.15, -0.1) is 0 Å². The van der Waals surface area contributed by atoms with Crippen molar-refractivity contribution in [3.63, 3.8) is 0 Å². The zero-order valence-electron chi connectivity index (χ0n) is 11.0. The Morgan fingerprint density at radius 3 is 2.75 bits per heavy atom. The molecule has 6 nitrogen and oxygen atoms in total. The van der Waals surface area contributed by atoms with Gasteiger partial charge in [-0.2, -0.15) is 0 Å². The van der Waals surface area contributed by atoms with Crippen molar-refractivity contribution in [3.8, 4) is 0 Å². The summed E-state index contributed by atoms with van der Waals surface area (Å²) in [5.74, 6) is -0.285. The van der Waals surface area contributed by atoms with Gasteiger partial charge in [0.15, 0.2) is 0 Å². The van der Waals surface area contributed by atoms with Crippen molar-refractivity contribution in [2.45, 2.75) is 31.3 Å². The van der Waals surface area contributed by atoms with Gasteiger partial charge in [-0.05, 0) is 30.9 Å². The highest BCUT2D eigenvalue weighted by atomic mass is 35.5. The average Bonchev–Trinajstić information content (AvgIpc) is 2.38. The minimum atomic E-state index is -0.650. The molecule has 0 atom stereocenters. The fraction of sp³-hybridized carbons (Fsp3) is 0.462. The normalized spacial score (nSPS) is 16.3. The number of carbonyl (C=O) groups excluding carboxylic acids is 1. The molecule has 1 saturated carbocycles. The second-order valence-electron chi connectivity index (χ2n) is 4.82. The predicted molar refractivity (Wildman–Crippen MR) is 73.5 cm³/mol. The Balaban J connectivity index is 2.09. The van der Waals surface area contributed by atoms with E-state index in [0.717, 1.165) is 19.3 Å². The molecular weight excluding hydrogens is 284 g/mol. The van der Waals surface area contributed by atoms with E-state index in [9.17, 15) is 14.9 Å². The van der Waals surface area contributed by atoms with Crippen LogP contribution in [0.2, 0.25) is 5.02 Å². The van der Waals surface area contributed by atoms with Gasteiger partial charge in [0, 0.05) is 12.6 Å². The summed E-state index contributed by atoms with van der Waals surface area (Å²) >= 11 is 5.76. The number of methoxy groups -OCH3 is 1. The molecule has 1 aliphatic rings. The van der Waals surface area contributed by atoms with Gasteiger partial charge in [-0.3, -0.25) is 20.2 Å². The van der Waals surface area contributed by atoms with Gasteiger partial charge in [-0.25, -0.2) is 0 Å². The Bertz CT molecular complexity index is 543. The van der Waals surface area contributed by atoms with Gasteiger partial charge in [0.25, 0.3) is 5.69 Å². The van der Waals surface area contributed by atoms with Crippen molar-refractivity contribution < 1.29 is 14.5 Å². The molecule has 1 aromatic carbocycles. The van der Waals surface area contributed by atoms with Crippen molar-refractivity contribution in [1.82, 2.24) is 5.32 Å². The van der Waals surface area contributed by atoms with E-state index in [1.165, 1.54) is 19.2 Å². The van der Waals surface area contributed by atoms with Crippen LogP contribution >= 0.6 is 11.6 Å². The molecule has 0 aromatic heterocycles. The molecule has 108 valence electrons. The molecule has 0 amide bonds. The maximum atomic E-state index is 11.8. The van der Waals surface area contributed by atoms with Gasteiger partial charge >= 0.3 is 5.97 Å². The number of carbonyl (C=O) groups is 1. The number of nitro groups is 1. The quantitative estimate of drug-likeness (QED) is 0.513. The number of rotatable bonds is 5. The maximum absolute atomic E-state index is 11.8. The van der Waals surface area contributed by atoms with E-state index >= 15 is 0 Å². The number of nitro benzene ring substituents is 1. The Morgan fingerprint density at radius 2 is 2.25 bits per heavy atom. The summed E-state index contributed by atoms with van der Waals surface area (Å²) in [5.41, 5.74) is -0.0774. The molecule has 0 bridgehead atoms. The molecule has 0 heterocycles. The molecule has 7 heteroatoms. The number of ether oxygens (including phenoxy) is 1. The van der Waals surface area contributed by atoms with E-state index in [0.29, 0.717) is 12.1 Å². The number of nitrogens with one attached hydrogen (secondary N) is 1. The van der Waals surface area contributed by atoms with Crippen LogP contribution in [0.3, 0.4) is 0 Å².